The number of carbonyl (C=O) groups excluding carboxylic acids is 1. The molecule has 0 radical (unpaired) electrons. The van der Waals surface area contributed by atoms with Crippen molar-refractivity contribution in [3.63, 3.8) is 0 Å². The Kier molecular flexibility index (Phi) is 51.4. The lowest BCUT2D eigenvalue weighted by atomic mass is 9.97. The van der Waals surface area contributed by atoms with Crippen LogP contribution in [0.5, 0.6) is 0 Å². The Morgan fingerprint density at radius 3 is 1.23 bits per heavy atom. The summed E-state index contributed by atoms with van der Waals surface area (Å²) in [7, 11) is 0. The molecule has 0 spiro atoms. The fourth-order valence-electron chi connectivity index (χ4n) is 10.8. The van der Waals surface area contributed by atoms with Gasteiger partial charge in [-0.3, -0.25) is 4.79 Å². The van der Waals surface area contributed by atoms with E-state index in [1.54, 1.807) is 6.08 Å². The number of unbranched alkanes of at least 4 members (excludes halogenated alkanes) is 28. The van der Waals surface area contributed by atoms with Crippen LogP contribution in [0.1, 0.15) is 258 Å². The Morgan fingerprint density at radius 1 is 0.430 bits per heavy atom. The molecule has 12 atom stereocenters. The molecule has 2 rings (SSSR count). The number of aliphatic hydroxyl groups excluding tert-OH is 8. The minimum absolute atomic E-state index is 0.248. The van der Waals surface area contributed by atoms with Gasteiger partial charge in [0.25, 0.3) is 0 Å². The molecule has 0 aromatic rings. The van der Waals surface area contributed by atoms with Crippen molar-refractivity contribution in [2.45, 2.75) is 331 Å². The smallest absolute Gasteiger partial charge is 0.220 e. The highest BCUT2D eigenvalue weighted by Crippen LogP contribution is 2.30. The van der Waals surface area contributed by atoms with Crippen molar-refractivity contribution < 1.29 is 64.6 Å². The summed E-state index contributed by atoms with van der Waals surface area (Å²) in [6.45, 7) is 2.70. The van der Waals surface area contributed by atoms with Crippen LogP contribution in [-0.2, 0) is 23.7 Å². The van der Waals surface area contributed by atoms with E-state index in [-0.39, 0.29) is 18.9 Å². The van der Waals surface area contributed by atoms with Gasteiger partial charge in [-0.1, -0.05) is 272 Å². The van der Waals surface area contributed by atoms with E-state index in [4.69, 9.17) is 18.9 Å². The molecule has 496 valence electrons. The number of rotatable bonds is 55. The number of amides is 1. The maximum Gasteiger partial charge on any atom is 0.220 e. The van der Waals surface area contributed by atoms with Crippen molar-refractivity contribution in [2.24, 2.45) is 0 Å². The van der Waals surface area contributed by atoms with E-state index in [1.807, 2.05) is 6.08 Å². The average Bonchev–Trinajstić information content (AvgIpc) is 2.54. The molecule has 9 N–H and O–H groups in total. The predicted molar refractivity (Wildman–Crippen MR) is 350 cm³/mol. The molecule has 14 nitrogen and oxygen atoms in total. The van der Waals surface area contributed by atoms with Crippen LogP contribution in [0.4, 0.5) is 0 Å². The number of allylic oxidation sites excluding steroid dienone is 15. The van der Waals surface area contributed by atoms with Crippen molar-refractivity contribution in [1.82, 2.24) is 5.32 Å². The van der Waals surface area contributed by atoms with Gasteiger partial charge in [-0.25, -0.2) is 0 Å². The van der Waals surface area contributed by atoms with Crippen molar-refractivity contribution in [3.05, 3.63) is 97.2 Å². The summed E-state index contributed by atoms with van der Waals surface area (Å²) in [4.78, 5) is 13.3. The van der Waals surface area contributed by atoms with Crippen LogP contribution in [0, 0.1) is 0 Å². The van der Waals surface area contributed by atoms with Crippen LogP contribution < -0.4 is 5.32 Å². The number of aliphatic hydroxyl groups is 8. The highest BCUT2D eigenvalue weighted by molar-refractivity contribution is 5.76. The lowest BCUT2D eigenvalue weighted by molar-refractivity contribution is -0.359. The summed E-state index contributed by atoms with van der Waals surface area (Å²) in [5.41, 5.74) is 0. The van der Waals surface area contributed by atoms with Crippen molar-refractivity contribution >= 4 is 5.91 Å². The monoisotopic (exact) mass is 1210 g/mol. The van der Waals surface area contributed by atoms with E-state index in [9.17, 15) is 45.6 Å². The van der Waals surface area contributed by atoms with Gasteiger partial charge in [-0.15, -0.1) is 0 Å². The fraction of sp³-hybridized carbons (Fsp3) is 0.764. The Morgan fingerprint density at radius 2 is 0.802 bits per heavy atom. The molecule has 2 aliphatic rings. The molecule has 2 saturated heterocycles. The number of nitrogens with one attached hydrogen (secondary N) is 1. The highest BCUT2D eigenvalue weighted by atomic mass is 16.7. The first-order valence-corrected chi connectivity index (χ1v) is 34.5. The second kappa shape index (κ2) is 55.9. The Bertz CT molecular complexity index is 1810. The Hall–Kier alpha value is -3.09. The van der Waals surface area contributed by atoms with E-state index in [2.05, 4.69) is 104 Å². The molecular formula is C72H125NO13. The summed E-state index contributed by atoms with van der Waals surface area (Å²) in [6, 6.07) is -0.925. The van der Waals surface area contributed by atoms with Crippen LogP contribution in [-0.4, -0.2) is 140 Å². The van der Waals surface area contributed by atoms with Gasteiger partial charge in [0.05, 0.1) is 32.0 Å². The van der Waals surface area contributed by atoms with Crippen LogP contribution in [0.2, 0.25) is 0 Å². The standard InChI is InChI=1S/C72H125NO13/c1-3-5-7-9-11-13-15-17-19-21-23-25-26-27-28-29-30-31-32-33-34-36-38-40-42-44-46-48-50-52-54-56-64(77)73-60(61(76)55-53-51-49-47-45-43-41-39-37-35-24-22-20-18-16-14-12-10-8-6-4-2)59-83-71-69(82)67(80)70(63(58-75)85-71)86-72-68(81)66(79)65(78)62(57-74)84-72/h5,7,11,13,17,19,23,25,27-28,30-31,33-34,53,55,60-63,65-72,74-76,78-82H,3-4,6,8-10,12,14-16,18,20-22,24,26,29,32,35-52,54,56-59H2,1-2H3,(H,73,77)/b7-5-,13-11-,19-17-,25-23-,28-27-,31-30-,34-33-,55-53+. The minimum Gasteiger partial charge on any atom is -0.394 e. The quantitative estimate of drug-likeness (QED) is 0.0204. The largest absolute Gasteiger partial charge is 0.394 e. The van der Waals surface area contributed by atoms with E-state index in [0.29, 0.717) is 6.42 Å². The second-order valence-electron chi connectivity index (χ2n) is 23.9. The molecule has 0 aromatic carbocycles. The van der Waals surface area contributed by atoms with Crippen molar-refractivity contribution in [1.29, 1.82) is 0 Å². The molecule has 2 fully saturated rings. The molecule has 0 bridgehead atoms. The maximum absolute atomic E-state index is 13.3. The van der Waals surface area contributed by atoms with Gasteiger partial charge in [-0.2, -0.15) is 0 Å². The van der Waals surface area contributed by atoms with Crippen LogP contribution in [0.3, 0.4) is 0 Å². The zero-order valence-corrected chi connectivity index (χ0v) is 53.8. The first-order chi connectivity index (χ1) is 42.1. The van der Waals surface area contributed by atoms with Crippen LogP contribution >= 0.6 is 0 Å². The van der Waals surface area contributed by atoms with Crippen molar-refractivity contribution in [3.8, 4) is 0 Å². The summed E-state index contributed by atoms with van der Waals surface area (Å²) in [5.74, 6) is -0.248. The molecule has 2 aliphatic heterocycles. The lowest BCUT2D eigenvalue weighted by Crippen LogP contribution is -2.65. The van der Waals surface area contributed by atoms with E-state index in [1.165, 1.54) is 141 Å². The highest BCUT2D eigenvalue weighted by Gasteiger charge is 2.51. The molecular weight excluding hydrogens is 1090 g/mol. The molecule has 12 unspecified atom stereocenters. The van der Waals surface area contributed by atoms with E-state index in [0.717, 1.165) is 89.9 Å². The SMILES string of the molecule is CC/C=C\C/C=C\C/C=C\C/C=C\C/C=C\C/C=C\C/C=C\CCCCCCCCCCCC(=O)NC(COC1OC(CO)C(OC2OC(CO)C(O)C(O)C2O)C(O)C1O)C(O)/C=C/CCCCCCCCCCCCCCCCCCCCC. The summed E-state index contributed by atoms with van der Waals surface area (Å²) in [5, 5.41) is 87.4. The summed E-state index contributed by atoms with van der Waals surface area (Å²) in [6.07, 6.45) is 61.6. The van der Waals surface area contributed by atoms with Crippen molar-refractivity contribution in [2.75, 3.05) is 19.8 Å². The zero-order valence-electron chi connectivity index (χ0n) is 53.8. The van der Waals surface area contributed by atoms with E-state index >= 15 is 0 Å². The molecule has 0 saturated carbocycles. The second-order valence-corrected chi connectivity index (χ2v) is 23.9. The molecule has 1 amide bonds. The first-order valence-electron chi connectivity index (χ1n) is 34.5. The predicted octanol–water partition coefficient (Wildman–Crippen LogP) is 13.8. The third-order valence-corrected chi connectivity index (χ3v) is 16.3. The maximum atomic E-state index is 13.3. The third kappa shape index (κ3) is 39.8. The third-order valence-electron chi connectivity index (χ3n) is 16.3. The summed E-state index contributed by atoms with van der Waals surface area (Å²) >= 11 is 0. The van der Waals surface area contributed by atoms with Gasteiger partial charge in [-0.05, 0) is 77.0 Å². The number of hydrogen-bond donors (Lipinski definition) is 9. The topological polar surface area (TPSA) is 228 Å². The molecule has 14 heteroatoms. The molecule has 0 aliphatic carbocycles. The zero-order chi connectivity index (χ0) is 62.3. The van der Waals surface area contributed by atoms with Gasteiger partial charge in [0, 0.05) is 6.42 Å². The molecule has 0 aromatic heterocycles. The van der Waals surface area contributed by atoms with Gasteiger partial charge in [0.1, 0.15) is 48.8 Å². The Balaban J connectivity index is 1.70. The average molecular weight is 1210 g/mol. The minimum atomic E-state index is -1.79. The number of ether oxygens (including phenoxy) is 4. The normalized spacial score (nSPS) is 24.0. The lowest BCUT2D eigenvalue weighted by Gasteiger charge is -2.46. The van der Waals surface area contributed by atoms with E-state index < -0.39 is 86.8 Å². The van der Waals surface area contributed by atoms with Gasteiger partial charge < -0.3 is 65.1 Å². The first kappa shape index (κ1) is 79.0. The van der Waals surface area contributed by atoms with Crippen LogP contribution in [0.15, 0.2) is 97.2 Å². The van der Waals surface area contributed by atoms with Gasteiger partial charge >= 0.3 is 0 Å². The Labute approximate surface area is 522 Å². The molecule has 86 heavy (non-hydrogen) atoms. The fourth-order valence-corrected chi connectivity index (χ4v) is 10.8. The van der Waals surface area contributed by atoms with Crippen LogP contribution in [0.25, 0.3) is 0 Å². The number of carbonyl (C=O) groups is 1. The van der Waals surface area contributed by atoms with Gasteiger partial charge in [0.15, 0.2) is 12.6 Å². The molecule has 2 heterocycles. The summed E-state index contributed by atoms with van der Waals surface area (Å²) < 4.78 is 22.8. The number of hydrogen-bond acceptors (Lipinski definition) is 13. The van der Waals surface area contributed by atoms with Gasteiger partial charge in [0.2, 0.25) is 5.91 Å².